The van der Waals surface area contributed by atoms with E-state index < -0.39 is 0 Å². The zero-order valence-electron chi connectivity index (χ0n) is 12.3. The van der Waals surface area contributed by atoms with Gasteiger partial charge in [-0.25, -0.2) is 0 Å². The number of nitrogens with one attached hydrogen (secondary N) is 1. The van der Waals surface area contributed by atoms with Crippen molar-refractivity contribution in [1.29, 1.82) is 0 Å². The van der Waals surface area contributed by atoms with Crippen molar-refractivity contribution in [3.05, 3.63) is 12.4 Å². The van der Waals surface area contributed by atoms with Gasteiger partial charge in [-0.05, 0) is 25.4 Å². The third-order valence-corrected chi connectivity index (χ3v) is 3.22. The highest BCUT2D eigenvalue weighted by atomic mass is 15.3. The highest BCUT2D eigenvalue weighted by Crippen LogP contribution is 2.06. The second-order valence-electron chi connectivity index (χ2n) is 5.13. The molecule has 104 valence electrons. The van der Waals surface area contributed by atoms with Gasteiger partial charge in [-0.3, -0.25) is 4.68 Å². The highest BCUT2D eigenvalue weighted by molar-refractivity contribution is 5.37. The summed E-state index contributed by atoms with van der Waals surface area (Å²) < 4.78 is 2.02. The Kier molecular flexibility index (Phi) is 6.80. The Balaban J connectivity index is 2.29. The monoisotopic (exact) mass is 252 g/mol. The van der Waals surface area contributed by atoms with Gasteiger partial charge >= 0.3 is 0 Å². The average Bonchev–Trinajstić information content (AvgIpc) is 2.78. The molecule has 0 aliphatic rings. The molecule has 0 saturated heterocycles. The Bertz CT molecular complexity index is 315. The highest BCUT2D eigenvalue weighted by Gasteiger charge is 2.02. The fraction of sp³-hybridized carbons (Fsp3) is 0.786. The molecule has 0 radical (unpaired) electrons. The van der Waals surface area contributed by atoms with Crippen molar-refractivity contribution in [2.45, 2.75) is 40.7 Å². The fourth-order valence-electron chi connectivity index (χ4n) is 1.87. The zero-order valence-corrected chi connectivity index (χ0v) is 12.3. The molecule has 1 heterocycles. The maximum atomic E-state index is 4.38. The molecule has 0 amide bonds. The van der Waals surface area contributed by atoms with Gasteiger partial charge in [0.05, 0.1) is 18.4 Å². The number of aromatic nitrogens is 2. The molecular weight excluding hydrogens is 224 g/mol. The molecule has 0 aliphatic carbocycles. The van der Waals surface area contributed by atoms with Gasteiger partial charge in [0.2, 0.25) is 0 Å². The van der Waals surface area contributed by atoms with Crippen molar-refractivity contribution >= 4 is 5.69 Å². The first-order valence-corrected chi connectivity index (χ1v) is 7.14. The van der Waals surface area contributed by atoms with E-state index in [1.165, 1.54) is 6.42 Å². The molecule has 1 aromatic heterocycles. The summed E-state index contributed by atoms with van der Waals surface area (Å²) in [6.45, 7) is 14.2. The summed E-state index contributed by atoms with van der Waals surface area (Å²) >= 11 is 0. The predicted molar refractivity (Wildman–Crippen MR) is 78.0 cm³/mol. The van der Waals surface area contributed by atoms with Crippen LogP contribution in [0.25, 0.3) is 0 Å². The van der Waals surface area contributed by atoms with Crippen LogP contribution in [0.1, 0.15) is 34.1 Å². The molecule has 0 aliphatic heterocycles. The summed E-state index contributed by atoms with van der Waals surface area (Å²) in [7, 11) is 0. The van der Waals surface area contributed by atoms with Crippen LogP contribution in [0.2, 0.25) is 0 Å². The van der Waals surface area contributed by atoms with E-state index in [0.29, 0.717) is 0 Å². The lowest BCUT2D eigenvalue weighted by Crippen LogP contribution is -2.27. The SMILES string of the molecule is CCN(CC)CCn1cc(NCCC(C)C)cn1. The molecule has 0 atom stereocenters. The van der Waals surface area contributed by atoms with E-state index in [4.69, 9.17) is 0 Å². The van der Waals surface area contributed by atoms with Gasteiger partial charge in [-0.15, -0.1) is 0 Å². The number of rotatable bonds is 9. The van der Waals surface area contributed by atoms with Crippen molar-refractivity contribution in [1.82, 2.24) is 14.7 Å². The third kappa shape index (κ3) is 5.54. The Morgan fingerprint density at radius 2 is 2.06 bits per heavy atom. The topological polar surface area (TPSA) is 33.1 Å². The minimum atomic E-state index is 0.746. The van der Waals surface area contributed by atoms with Gasteiger partial charge in [0, 0.05) is 19.3 Å². The van der Waals surface area contributed by atoms with Crippen molar-refractivity contribution in [2.24, 2.45) is 5.92 Å². The lowest BCUT2D eigenvalue weighted by atomic mass is 10.1. The molecule has 1 N–H and O–H groups in total. The van der Waals surface area contributed by atoms with Gasteiger partial charge in [0.25, 0.3) is 0 Å². The fourth-order valence-corrected chi connectivity index (χ4v) is 1.87. The summed E-state index contributed by atoms with van der Waals surface area (Å²) in [5, 5.41) is 7.80. The molecule has 0 aromatic carbocycles. The van der Waals surface area contributed by atoms with Gasteiger partial charge in [0.15, 0.2) is 0 Å². The van der Waals surface area contributed by atoms with Gasteiger partial charge in [0.1, 0.15) is 0 Å². The quantitative estimate of drug-likeness (QED) is 0.733. The smallest absolute Gasteiger partial charge is 0.0726 e. The molecule has 0 spiro atoms. The van der Waals surface area contributed by atoms with Crippen LogP contribution in [0.15, 0.2) is 12.4 Å². The van der Waals surface area contributed by atoms with Crippen LogP contribution >= 0.6 is 0 Å². The lowest BCUT2D eigenvalue weighted by Gasteiger charge is -2.17. The molecule has 0 saturated carbocycles. The lowest BCUT2D eigenvalue weighted by molar-refractivity contribution is 0.285. The van der Waals surface area contributed by atoms with E-state index in [2.05, 4.69) is 49.2 Å². The first-order valence-electron chi connectivity index (χ1n) is 7.14. The summed E-state index contributed by atoms with van der Waals surface area (Å²) in [6.07, 6.45) is 5.22. The molecule has 1 rings (SSSR count). The molecular formula is C14H28N4. The molecule has 0 fully saturated rings. The van der Waals surface area contributed by atoms with Crippen LogP contribution in [-0.2, 0) is 6.54 Å². The van der Waals surface area contributed by atoms with Crippen molar-refractivity contribution in [3.8, 4) is 0 Å². The Hall–Kier alpha value is -1.03. The number of anilines is 1. The predicted octanol–water partition coefficient (Wildman–Crippen LogP) is 2.68. The Morgan fingerprint density at radius 3 is 2.67 bits per heavy atom. The number of hydrogen-bond acceptors (Lipinski definition) is 3. The summed E-state index contributed by atoms with van der Waals surface area (Å²) in [5.74, 6) is 0.746. The Labute approximate surface area is 111 Å². The van der Waals surface area contributed by atoms with Crippen molar-refractivity contribution in [2.75, 3.05) is 31.5 Å². The van der Waals surface area contributed by atoms with E-state index in [-0.39, 0.29) is 0 Å². The largest absolute Gasteiger partial charge is 0.383 e. The van der Waals surface area contributed by atoms with E-state index in [0.717, 1.165) is 44.3 Å². The average molecular weight is 252 g/mol. The van der Waals surface area contributed by atoms with Crippen molar-refractivity contribution in [3.63, 3.8) is 0 Å². The second-order valence-corrected chi connectivity index (χ2v) is 5.13. The van der Waals surface area contributed by atoms with Crippen LogP contribution in [0.3, 0.4) is 0 Å². The number of hydrogen-bond donors (Lipinski definition) is 1. The van der Waals surface area contributed by atoms with Crippen LogP contribution < -0.4 is 5.32 Å². The molecule has 0 bridgehead atoms. The van der Waals surface area contributed by atoms with E-state index in [9.17, 15) is 0 Å². The van der Waals surface area contributed by atoms with Crippen LogP contribution in [0.4, 0.5) is 5.69 Å². The molecule has 4 nitrogen and oxygen atoms in total. The molecule has 18 heavy (non-hydrogen) atoms. The zero-order chi connectivity index (χ0) is 13.4. The van der Waals surface area contributed by atoms with Gasteiger partial charge in [-0.1, -0.05) is 27.7 Å². The maximum absolute atomic E-state index is 4.38. The third-order valence-electron chi connectivity index (χ3n) is 3.22. The van der Waals surface area contributed by atoms with Crippen LogP contribution in [0, 0.1) is 5.92 Å². The Morgan fingerprint density at radius 1 is 1.33 bits per heavy atom. The van der Waals surface area contributed by atoms with Crippen LogP contribution in [0.5, 0.6) is 0 Å². The molecule has 1 aromatic rings. The summed E-state index contributed by atoms with van der Waals surface area (Å²) in [5.41, 5.74) is 1.13. The molecule has 0 unspecified atom stereocenters. The van der Waals surface area contributed by atoms with E-state index in [1.807, 2.05) is 10.9 Å². The normalized spacial score (nSPS) is 11.4. The summed E-state index contributed by atoms with van der Waals surface area (Å²) in [6, 6.07) is 0. The first-order chi connectivity index (χ1) is 8.65. The second kappa shape index (κ2) is 8.14. The number of likely N-dealkylation sites (N-methyl/N-ethyl adjacent to an activating group) is 1. The van der Waals surface area contributed by atoms with Gasteiger partial charge < -0.3 is 10.2 Å². The molecule has 4 heteroatoms. The summed E-state index contributed by atoms with van der Waals surface area (Å²) in [4.78, 5) is 2.41. The van der Waals surface area contributed by atoms with E-state index >= 15 is 0 Å². The maximum Gasteiger partial charge on any atom is 0.0726 e. The first kappa shape index (κ1) is 15.0. The van der Waals surface area contributed by atoms with E-state index in [1.54, 1.807) is 0 Å². The minimum absolute atomic E-state index is 0.746. The van der Waals surface area contributed by atoms with Crippen molar-refractivity contribution < 1.29 is 0 Å². The number of nitrogens with zero attached hydrogens (tertiary/aromatic N) is 3. The van der Waals surface area contributed by atoms with Crippen LogP contribution in [-0.4, -0.2) is 40.9 Å². The standard InChI is InChI=1S/C14H28N4/c1-5-17(6-2)9-10-18-12-14(11-16-18)15-8-7-13(3)4/h11-13,15H,5-10H2,1-4H3. The minimum Gasteiger partial charge on any atom is -0.383 e. The van der Waals surface area contributed by atoms with Gasteiger partial charge in [-0.2, -0.15) is 5.10 Å².